The van der Waals surface area contributed by atoms with Crippen molar-refractivity contribution in [1.29, 1.82) is 0 Å². The molecule has 2 saturated heterocycles. The highest BCUT2D eigenvalue weighted by Crippen LogP contribution is 2.39. The van der Waals surface area contributed by atoms with Gasteiger partial charge in [-0.05, 0) is 19.3 Å². The smallest absolute Gasteiger partial charge is 0.143 e. The Morgan fingerprint density at radius 2 is 2.28 bits per heavy atom. The Bertz CT molecular complexity index is 306. The van der Waals surface area contributed by atoms with Crippen LogP contribution in [0.5, 0.6) is 0 Å². The van der Waals surface area contributed by atoms with E-state index < -0.39 is 0 Å². The quantitative estimate of drug-likeness (QED) is 0.827. The summed E-state index contributed by atoms with van der Waals surface area (Å²) in [5.74, 6) is 0.413. The van der Waals surface area contributed by atoms with Crippen molar-refractivity contribution in [2.24, 2.45) is 17.1 Å². The summed E-state index contributed by atoms with van der Waals surface area (Å²) in [6.07, 6.45) is 3.36. The molecular formula is C14H25NO3. The molecule has 4 nitrogen and oxygen atoms in total. The number of ketones is 1. The molecule has 0 bridgehead atoms. The van der Waals surface area contributed by atoms with Crippen molar-refractivity contribution in [3.8, 4) is 0 Å². The topological polar surface area (TPSA) is 61.6 Å². The van der Waals surface area contributed by atoms with E-state index in [1.807, 2.05) is 13.8 Å². The van der Waals surface area contributed by atoms with E-state index in [0.29, 0.717) is 25.5 Å². The van der Waals surface area contributed by atoms with Crippen LogP contribution in [0.25, 0.3) is 0 Å². The Morgan fingerprint density at radius 1 is 1.50 bits per heavy atom. The fourth-order valence-corrected chi connectivity index (χ4v) is 3.03. The lowest BCUT2D eigenvalue weighted by Gasteiger charge is -2.39. The Hall–Kier alpha value is -0.450. The van der Waals surface area contributed by atoms with Gasteiger partial charge in [0.1, 0.15) is 5.78 Å². The lowest BCUT2D eigenvalue weighted by Crippen LogP contribution is -2.47. The monoisotopic (exact) mass is 255 g/mol. The average molecular weight is 255 g/mol. The first-order valence-electron chi connectivity index (χ1n) is 7.01. The largest absolute Gasteiger partial charge is 0.378 e. The van der Waals surface area contributed by atoms with Crippen LogP contribution in [0.15, 0.2) is 0 Å². The molecule has 0 amide bonds. The van der Waals surface area contributed by atoms with Crippen LogP contribution >= 0.6 is 0 Å². The minimum absolute atomic E-state index is 0.0916. The minimum Gasteiger partial charge on any atom is -0.378 e. The Balaban J connectivity index is 2.06. The van der Waals surface area contributed by atoms with E-state index in [4.69, 9.17) is 15.2 Å². The maximum atomic E-state index is 12.6. The third kappa shape index (κ3) is 2.46. The van der Waals surface area contributed by atoms with Gasteiger partial charge in [0.15, 0.2) is 0 Å². The van der Waals surface area contributed by atoms with Crippen molar-refractivity contribution in [3.05, 3.63) is 0 Å². The number of carbonyl (C=O) groups is 1. The molecule has 18 heavy (non-hydrogen) atoms. The van der Waals surface area contributed by atoms with Crippen LogP contribution in [0.1, 0.15) is 39.5 Å². The second-order valence-corrected chi connectivity index (χ2v) is 6.01. The number of nitrogens with two attached hydrogens (primary N) is 1. The summed E-state index contributed by atoms with van der Waals surface area (Å²) in [6.45, 7) is 6.53. The van der Waals surface area contributed by atoms with Gasteiger partial charge in [0.05, 0.1) is 12.2 Å². The van der Waals surface area contributed by atoms with Gasteiger partial charge in [0, 0.05) is 37.5 Å². The summed E-state index contributed by atoms with van der Waals surface area (Å²) in [4.78, 5) is 12.6. The molecule has 0 saturated carbocycles. The van der Waals surface area contributed by atoms with Gasteiger partial charge in [-0.1, -0.05) is 13.8 Å². The second-order valence-electron chi connectivity index (χ2n) is 6.01. The number of rotatable bonds is 4. The van der Waals surface area contributed by atoms with Crippen molar-refractivity contribution in [3.63, 3.8) is 0 Å². The highest BCUT2D eigenvalue weighted by atomic mass is 16.6. The number of Topliss-reactive ketones (excluding diaryl/α,β-unsaturated/α-hetero) is 1. The fourth-order valence-electron chi connectivity index (χ4n) is 3.03. The van der Waals surface area contributed by atoms with Gasteiger partial charge in [-0.15, -0.1) is 0 Å². The summed E-state index contributed by atoms with van der Waals surface area (Å²) in [5, 5.41) is 0. The number of ether oxygens (including phenoxy) is 2. The molecule has 4 heteroatoms. The highest BCUT2D eigenvalue weighted by molar-refractivity contribution is 5.87. The standard InChI is InChI=1S/C14H25NO3/c1-3-13(2,9-15)12(16)11-4-6-18-14(8-11)5-7-17-10-14/h11H,3-10,15H2,1-2H3. The zero-order valence-corrected chi connectivity index (χ0v) is 11.5. The molecule has 0 radical (unpaired) electrons. The molecule has 2 heterocycles. The van der Waals surface area contributed by atoms with E-state index in [-0.39, 0.29) is 16.9 Å². The molecule has 2 rings (SSSR count). The van der Waals surface area contributed by atoms with Crippen LogP contribution in [0.2, 0.25) is 0 Å². The molecule has 0 aromatic carbocycles. The summed E-state index contributed by atoms with van der Waals surface area (Å²) >= 11 is 0. The molecule has 1 spiro atoms. The van der Waals surface area contributed by atoms with Crippen LogP contribution in [-0.4, -0.2) is 37.7 Å². The van der Waals surface area contributed by atoms with Crippen LogP contribution in [0, 0.1) is 11.3 Å². The average Bonchev–Trinajstić information content (AvgIpc) is 2.85. The summed E-state index contributed by atoms with van der Waals surface area (Å²) in [6, 6.07) is 0. The summed E-state index contributed by atoms with van der Waals surface area (Å²) in [7, 11) is 0. The molecule has 2 aliphatic rings. The Kier molecular flexibility index (Phi) is 4.09. The van der Waals surface area contributed by atoms with Gasteiger partial charge in [-0.3, -0.25) is 4.79 Å². The number of hydrogen-bond acceptors (Lipinski definition) is 4. The number of carbonyl (C=O) groups excluding carboxylic acids is 1. The molecule has 0 aliphatic carbocycles. The van der Waals surface area contributed by atoms with Gasteiger partial charge < -0.3 is 15.2 Å². The highest BCUT2D eigenvalue weighted by Gasteiger charge is 2.45. The van der Waals surface area contributed by atoms with E-state index in [2.05, 4.69) is 0 Å². The third-order valence-corrected chi connectivity index (χ3v) is 4.76. The first kappa shape index (κ1) is 14.0. The van der Waals surface area contributed by atoms with Crippen molar-refractivity contribution in [1.82, 2.24) is 0 Å². The maximum absolute atomic E-state index is 12.6. The van der Waals surface area contributed by atoms with Gasteiger partial charge in [-0.25, -0.2) is 0 Å². The van der Waals surface area contributed by atoms with E-state index >= 15 is 0 Å². The Labute approximate surface area is 109 Å². The second kappa shape index (κ2) is 5.27. The van der Waals surface area contributed by atoms with Crippen molar-refractivity contribution < 1.29 is 14.3 Å². The molecule has 2 N–H and O–H groups in total. The molecule has 104 valence electrons. The van der Waals surface area contributed by atoms with Crippen LogP contribution < -0.4 is 5.73 Å². The summed E-state index contributed by atoms with van der Waals surface area (Å²) in [5.41, 5.74) is 5.23. The molecule has 0 aromatic heterocycles. The van der Waals surface area contributed by atoms with Crippen molar-refractivity contribution in [2.75, 3.05) is 26.4 Å². The molecule has 2 aliphatic heterocycles. The lowest BCUT2D eigenvalue weighted by atomic mass is 9.72. The first-order valence-corrected chi connectivity index (χ1v) is 7.01. The minimum atomic E-state index is -0.372. The molecule has 3 atom stereocenters. The van der Waals surface area contributed by atoms with Gasteiger partial charge in [-0.2, -0.15) is 0 Å². The van der Waals surface area contributed by atoms with Gasteiger partial charge >= 0.3 is 0 Å². The maximum Gasteiger partial charge on any atom is 0.143 e. The fraction of sp³-hybridized carbons (Fsp3) is 0.929. The Morgan fingerprint density at radius 3 is 2.83 bits per heavy atom. The van der Waals surface area contributed by atoms with E-state index in [9.17, 15) is 4.79 Å². The lowest BCUT2D eigenvalue weighted by molar-refractivity contribution is -0.145. The van der Waals surface area contributed by atoms with E-state index in [0.717, 1.165) is 32.3 Å². The molecule has 3 unspecified atom stereocenters. The molecule has 2 fully saturated rings. The van der Waals surface area contributed by atoms with Crippen LogP contribution in [0.3, 0.4) is 0 Å². The predicted molar refractivity (Wildman–Crippen MR) is 69.3 cm³/mol. The first-order chi connectivity index (χ1) is 8.55. The van der Waals surface area contributed by atoms with E-state index in [1.54, 1.807) is 0 Å². The van der Waals surface area contributed by atoms with Gasteiger partial charge in [0.2, 0.25) is 0 Å². The predicted octanol–water partition coefficient (Wildman–Crippen LogP) is 1.52. The van der Waals surface area contributed by atoms with Crippen molar-refractivity contribution in [2.45, 2.75) is 45.1 Å². The normalized spacial score (nSPS) is 35.6. The zero-order valence-electron chi connectivity index (χ0n) is 11.5. The van der Waals surface area contributed by atoms with Gasteiger partial charge in [0.25, 0.3) is 0 Å². The molecule has 0 aromatic rings. The van der Waals surface area contributed by atoms with E-state index in [1.165, 1.54) is 0 Å². The molecular weight excluding hydrogens is 230 g/mol. The van der Waals surface area contributed by atoms with Crippen LogP contribution in [0.4, 0.5) is 0 Å². The number of hydrogen-bond donors (Lipinski definition) is 1. The third-order valence-electron chi connectivity index (χ3n) is 4.76. The summed E-state index contributed by atoms with van der Waals surface area (Å²) < 4.78 is 11.3. The van der Waals surface area contributed by atoms with Crippen LogP contribution in [-0.2, 0) is 14.3 Å². The SMILES string of the molecule is CCC(C)(CN)C(=O)C1CCOC2(CCOC2)C1. The zero-order chi connectivity index (χ0) is 13.2. The van der Waals surface area contributed by atoms with Crippen molar-refractivity contribution >= 4 is 5.78 Å².